The number of hydrogen-bond donors (Lipinski definition) is 1. The van der Waals surface area contributed by atoms with Crippen LogP contribution in [0.4, 0.5) is 0 Å². The van der Waals surface area contributed by atoms with E-state index >= 15 is 0 Å². The number of aliphatic hydroxyl groups is 1. The van der Waals surface area contributed by atoms with Crippen molar-refractivity contribution in [2.45, 2.75) is 24.9 Å². The average molecular weight is 276 g/mol. The highest BCUT2D eigenvalue weighted by Crippen LogP contribution is 2.43. The van der Waals surface area contributed by atoms with E-state index < -0.39 is 5.60 Å². The highest BCUT2D eigenvalue weighted by atomic mass is 16.5. The Balaban J connectivity index is 2.14. The number of rotatable bonds is 3. The van der Waals surface area contributed by atoms with E-state index in [4.69, 9.17) is 13.9 Å². The molecule has 2 aromatic heterocycles. The molecule has 1 N–H and O–H groups in total. The second kappa shape index (κ2) is 4.79. The van der Waals surface area contributed by atoms with Crippen molar-refractivity contribution >= 4 is 0 Å². The highest BCUT2D eigenvalue weighted by molar-refractivity contribution is 5.41. The second-order valence-electron chi connectivity index (χ2n) is 4.74. The van der Waals surface area contributed by atoms with Crippen molar-refractivity contribution < 1.29 is 19.0 Å². The zero-order valence-corrected chi connectivity index (χ0v) is 11.4. The van der Waals surface area contributed by atoms with Crippen LogP contribution in [0, 0.1) is 0 Å². The van der Waals surface area contributed by atoms with Crippen molar-refractivity contribution in [2.75, 3.05) is 14.2 Å². The molecular formula is C14H16N2O4. The number of furan rings is 1. The monoisotopic (exact) mass is 276 g/mol. The Kier molecular flexibility index (Phi) is 3.10. The molecule has 1 aliphatic carbocycles. The van der Waals surface area contributed by atoms with Crippen molar-refractivity contribution in [3.63, 3.8) is 0 Å². The summed E-state index contributed by atoms with van der Waals surface area (Å²) in [5, 5.41) is 11.1. The number of nitrogens with zero attached hydrogens (tertiary/aromatic N) is 2. The first kappa shape index (κ1) is 12.9. The Morgan fingerprint density at radius 1 is 1.35 bits per heavy atom. The van der Waals surface area contributed by atoms with Gasteiger partial charge in [-0.25, -0.2) is 4.98 Å². The van der Waals surface area contributed by atoms with Gasteiger partial charge in [-0.3, -0.25) is 0 Å². The Hall–Kier alpha value is -2.08. The molecule has 2 heterocycles. The summed E-state index contributed by atoms with van der Waals surface area (Å²) in [4.78, 5) is 8.48. The van der Waals surface area contributed by atoms with E-state index in [1.807, 2.05) is 0 Å². The van der Waals surface area contributed by atoms with E-state index in [9.17, 15) is 5.11 Å². The standard InChI is InChI=1S/C14H16N2O4/c1-18-11-8-15-12(13(16-11)19-2)14(17)6-3-4-10-9(14)5-7-20-10/h5,7-8,17H,3-4,6H2,1-2H3. The summed E-state index contributed by atoms with van der Waals surface area (Å²) in [6.07, 6.45) is 5.25. The molecule has 0 bridgehead atoms. The van der Waals surface area contributed by atoms with Crippen molar-refractivity contribution in [2.24, 2.45) is 0 Å². The zero-order valence-electron chi connectivity index (χ0n) is 11.4. The molecule has 6 nitrogen and oxygen atoms in total. The van der Waals surface area contributed by atoms with Gasteiger partial charge in [-0.1, -0.05) is 0 Å². The Bertz CT molecular complexity index is 625. The quantitative estimate of drug-likeness (QED) is 0.918. The number of aromatic nitrogens is 2. The van der Waals surface area contributed by atoms with E-state index in [2.05, 4.69) is 9.97 Å². The maximum Gasteiger partial charge on any atom is 0.242 e. The molecule has 0 amide bonds. The highest BCUT2D eigenvalue weighted by Gasteiger charge is 2.42. The first-order valence-corrected chi connectivity index (χ1v) is 6.43. The normalized spacial score (nSPS) is 21.4. The predicted octanol–water partition coefficient (Wildman–Crippen LogP) is 1.66. The van der Waals surface area contributed by atoms with Gasteiger partial charge in [-0.2, -0.15) is 4.98 Å². The summed E-state index contributed by atoms with van der Waals surface area (Å²) in [6.45, 7) is 0. The van der Waals surface area contributed by atoms with Crippen molar-refractivity contribution in [1.29, 1.82) is 0 Å². The van der Waals surface area contributed by atoms with Crippen molar-refractivity contribution in [3.05, 3.63) is 35.5 Å². The third kappa shape index (κ3) is 1.84. The topological polar surface area (TPSA) is 77.6 Å². The number of methoxy groups -OCH3 is 2. The van der Waals surface area contributed by atoms with Gasteiger partial charge < -0.3 is 19.0 Å². The van der Waals surface area contributed by atoms with Crippen LogP contribution in [0.2, 0.25) is 0 Å². The molecule has 0 spiro atoms. The molecule has 0 saturated carbocycles. The molecule has 0 aromatic carbocycles. The minimum Gasteiger partial charge on any atom is -0.480 e. The second-order valence-corrected chi connectivity index (χ2v) is 4.74. The van der Waals surface area contributed by atoms with Crippen molar-refractivity contribution in [1.82, 2.24) is 9.97 Å². The molecule has 3 rings (SSSR count). The van der Waals surface area contributed by atoms with Gasteiger partial charge in [0.2, 0.25) is 11.8 Å². The van der Waals surface area contributed by atoms with Crippen molar-refractivity contribution in [3.8, 4) is 11.8 Å². The Morgan fingerprint density at radius 2 is 2.20 bits per heavy atom. The zero-order chi connectivity index (χ0) is 14.2. The van der Waals surface area contributed by atoms with Crippen LogP contribution >= 0.6 is 0 Å². The molecular weight excluding hydrogens is 260 g/mol. The molecule has 0 radical (unpaired) electrons. The van der Waals surface area contributed by atoms with E-state index in [1.54, 1.807) is 12.3 Å². The van der Waals surface area contributed by atoms with E-state index in [0.29, 0.717) is 18.0 Å². The molecule has 0 aliphatic heterocycles. The van der Waals surface area contributed by atoms with Crippen LogP contribution in [0.15, 0.2) is 22.9 Å². The summed E-state index contributed by atoms with van der Waals surface area (Å²) < 4.78 is 15.7. The lowest BCUT2D eigenvalue weighted by Crippen LogP contribution is -2.32. The third-order valence-electron chi connectivity index (χ3n) is 3.65. The third-order valence-corrected chi connectivity index (χ3v) is 3.65. The lowest BCUT2D eigenvalue weighted by Gasteiger charge is -2.31. The van der Waals surface area contributed by atoms with Gasteiger partial charge in [0.05, 0.1) is 26.7 Å². The van der Waals surface area contributed by atoms with Crippen LogP contribution in [0.25, 0.3) is 0 Å². The summed E-state index contributed by atoms with van der Waals surface area (Å²) in [5.74, 6) is 1.40. The lowest BCUT2D eigenvalue weighted by atomic mass is 9.80. The molecule has 6 heteroatoms. The summed E-state index contributed by atoms with van der Waals surface area (Å²) >= 11 is 0. The maximum atomic E-state index is 11.1. The summed E-state index contributed by atoms with van der Waals surface area (Å²) in [6, 6.07) is 1.78. The van der Waals surface area contributed by atoms with Gasteiger partial charge in [0.25, 0.3) is 0 Å². The van der Waals surface area contributed by atoms with E-state index in [0.717, 1.165) is 24.2 Å². The van der Waals surface area contributed by atoms with Crippen LogP contribution in [0.1, 0.15) is 29.9 Å². The Morgan fingerprint density at radius 3 is 2.95 bits per heavy atom. The number of hydrogen-bond acceptors (Lipinski definition) is 6. The molecule has 1 unspecified atom stereocenters. The average Bonchev–Trinajstić information content (AvgIpc) is 2.96. The van der Waals surface area contributed by atoms with Crippen LogP contribution in [0.3, 0.4) is 0 Å². The molecule has 20 heavy (non-hydrogen) atoms. The first-order valence-electron chi connectivity index (χ1n) is 6.43. The molecule has 1 atom stereocenters. The molecule has 106 valence electrons. The van der Waals surface area contributed by atoms with Gasteiger partial charge in [-0.15, -0.1) is 0 Å². The largest absolute Gasteiger partial charge is 0.480 e. The number of fused-ring (bicyclic) bond motifs is 1. The lowest BCUT2D eigenvalue weighted by molar-refractivity contribution is 0.0509. The Labute approximate surface area is 116 Å². The summed E-state index contributed by atoms with van der Waals surface area (Å²) in [5.41, 5.74) is -0.102. The van der Waals surface area contributed by atoms with Crippen LogP contribution in [-0.4, -0.2) is 29.3 Å². The fourth-order valence-corrected chi connectivity index (χ4v) is 2.67. The number of aryl methyl sites for hydroxylation is 1. The van der Waals surface area contributed by atoms with Gasteiger partial charge in [-0.05, 0) is 18.9 Å². The molecule has 2 aromatic rings. The fraction of sp³-hybridized carbons (Fsp3) is 0.429. The van der Waals surface area contributed by atoms with Gasteiger partial charge in [0, 0.05) is 12.0 Å². The summed E-state index contributed by atoms with van der Waals surface area (Å²) in [7, 11) is 3.00. The van der Waals surface area contributed by atoms with Gasteiger partial charge >= 0.3 is 0 Å². The van der Waals surface area contributed by atoms with E-state index in [1.165, 1.54) is 20.4 Å². The molecule has 1 aliphatic rings. The SMILES string of the molecule is COc1cnc(C2(O)CCCc3occc32)c(OC)n1. The smallest absolute Gasteiger partial charge is 0.242 e. The fourth-order valence-electron chi connectivity index (χ4n) is 2.67. The van der Waals surface area contributed by atoms with Gasteiger partial charge in [0.1, 0.15) is 17.1 Å². The molecule has 0 saturated heterocycles. The van der Waals surface area contributed by atoms with E-state index in [-0.39, 0.29) is 5.88 Å². The predicted molar refractivity (Wildman–Crippen MR) is 69.8 cm³/mol. The van der Waals surface area contributed by atoms with Crippen LogP contribution < -0.4 is 9.47 Å². The minimum absolute atomic E-state index is 0.265. The molecule has 0 fully saturated rings. The van der Waals surface area contributed by atoms with Crippen LogP contribution in [-0.2, 0) is 12.0 Å². The first-order chi connectivity index (χ1) is 9.69. The number of ether oxygens (including phenoxy) is 2. The van der Waals surface area contributed by atoms with Gasteiger partial charge in [0.15, 0.2) is 0 Å². The van der Waals surface area contributed by atoms with Crippen LogP contribution in [0.5, 0.6) is 11.8 Å². The maximum absolute atomic E-state index is 11.1. The minimum atomic E-state index is -1.23.